The summed E-state index contributed by atoms with van der Waals surface area (Å²) in [5.41, 5.74) is 2.38. The molecule has 0 bridgehead atoms. The maximum Gasteiger partial charge on any atom is 0.237 e. The number of nitrogens with one attached hydrogen (secondary N) is 1. The molecule has 0 aliphatic heterocycles. The van der Waals surface area contributed by atoms with Crippen LogP contribution in [0.4, 0.5) is 5.69 Å². The van der Waals surface area contributed by atoms with Gasteiger partial charge in [-0.2, -0.15) is 20.9 Å². The lowest BCUT2D eigenvalue weighted by Crippen LogP contribution is -1.99. The van der Waals surface area contributed by atoms with Crippen molar-refractivity contribution in [2.24, 2.45) is 5.10 Å². The molecule has 0 radical (unpaired) electrons. The van der Waals surface area contributed by atoms with Crippen molar-refractivity contribution in [1.29, 1.82) is 15.8 Å². The van der Waals surface area contributed by atoms with Gasteiger partial charge in [0.05, 0.1) is 16.3 Å². The normalized spacial score (nSPS) is 8.41. The average Bonchev–Trinajstić information content (AvgIpc) is 2.31. The van der Waals surface area contributed by atoms with Crippen molar-refractivity contribution >= 4 is 34.6 Å². The summed E-state index contributed by atoms with van der Waals surface area (Å²) >= 11 is 11.6. The van der Waals surface area contributed by atoms with Crippen molar-refractivity contribution in [3.05, 3.63) is 27.7 Å². The molecule has 0 spiro atoms. The molecule has 1 aromatic rings. The Morgan fingerprint density at radius 1 is 1.18 bits per heavy atom. The topological polar surface area (TPSA) is 95.8 Å². The van der Waals surface area contributed by atoms with E-state index in [-0.39, 0.29) is 22.0 Å². The van der Waals surface area contributed by atoms with E-state index in [1.54, 1.807) is 12.1 Å². The summed E-state index contributed by atoms with van der Waals surface area (Å²) in [6.45, 7) is 0. The predicted molar refractivity (Wildman–Crippen MR) is 63.5 cm³/mol. The molecule has 0 atom stereocenters. The minimum Gasteiger partial charge on any atom is -0.274 e. The molecule has 0 aliphatic carbocycles. The van der Waals surface area contributed by atoms with E-state index < -0.39 is 0 Å². The fourth-order valence-corrected chi connectivity index (χ4v) is 1.50. The van der Waals surface area contributed by atoms with Crippen molar-refractivity contribution in [3.8, 4) is 18.2 Å². The first-order valence-electron chi connectivity index (χ1n) is 4.15. The molecule has 7 heteroatoms. The van der Waals surface area contributed by atoms with Gasteiger partial charge in [0, 0.05) is 5.02 Å². The first-order chi connectivity index (χ1) is 8.12. The Morgan fingerprint density at radius 3 is 2.35 bits per heavy atom. The Hall–Kier alpha value is -2.26. The van der Waals surface area contributed by atoms with Gasteiger partial charge in [0.1, 0.15) is 18.2 Å². The van der Waals surface area contributed by atoms with Crippen LogP contribution in [-0.2, 0) is 0 Å². The van der Waals surface area contributed by atoms with E-state index in [1.165, 1.54) is 12.1 Å². The summed E-state index contributed by atoms with van der Waals surface area (Å²) in [7, 11) is 0. The molecule has 0 saturated carbocycles. The smallest absolute Gasteiger partial charge is 0.237 e. The minimum absolute atomic E-state index is 0.168. The standard InChI is InChI=1S/C10H3Cl2N5/c11-7-1-6(3-13)10(9(12)2-7)17-16-8(4-14)5-15/h1-2,17H. The summed E-state index contributed by atoms with van der Waals surface area (Å²) in [6.07, 6.45) is 0. The van der Waals surface area contributed by atoms with Crippen molar-refractivity contribution in [1.82, 2.24) is 0 Å². The lowest BCUT2D eigenvalue weighted by atomic mass is 10.2. The van der Waals surface area contributed by atoms with Crippen LogP contribution < -0.4 is 5.43 Å². The summed E-state index contributed by atoms with van der Waals surface area (Å²) < 4.78 is 0. The summed E-state index contributed by atoms with van der Waals surface area (Å²) in [4.78, 5) is 0. The first kappa shape index (κ1) is 12.8. The molecule has 82 valence electrons. The molecular weight excluding hydrogens is 261 g/mol. The number of rotatable bonds is 2. The number of hydrazone groups is 1. The number of hydrogen-bond donors (Lipinski definition) is 1. The molecule has 0 heterocycles. The van der Waals surface area contributed by atoms with Gasteiger partial charge in [0.15, 0.2) is 0 Å². The molecule has 1 aromatic carbocycles. The summed E-state index contributed by atoms with van der Waals surface area (Å²) in [5, 5.41) is 29.8. The van der Waals surface area contributed by atoms with E-state index in [0.29, 0.717) is 5.02 Å². The number of halogens is 2. The van der Waals surface area contributed by atoms with Crippen molar-refractivity contribution in [2.45, 2.75) is 0 Å². The highest BCUT2D eigenvalue weighted by Crippen LogP contribution is 2.29. The third-order valence-electron chi connectivity index (χ3n) is 1.67. The molecule has 0 saturated heterocycles. The van der Waals surface area contributed by atoms with Crippen LogP contribution in [0.2, 0.25) is 10.0 Å². The molecule has 1 rings (SSSR count). The maximum atomic E-state index is 8.86. The number of hydrogen-bond acceptors (Lipinski definition) is 5. The van der Waals surface area contributed by atoms with Gasteiger partial charge >= 0.3 is 0 Å². The van der Waals surface area contributed by atoms with Crippen LogP contribution in [0, 0.1) is 34.0 Å². The van der Waals surface area contributed by atoms with Gasteiger partial charge in [0.25, 0.3) is 0 Å². The monoisotopic (exact) mass is 263 g/mol. The SMILES string of the molecule is N#CC(C#N)=NNc1c(Cl)cc(Cl)cc1C#N. The number of anilines is 1. The van der Waals surface area contributed by atoms with Crippen LogP contribution in [0.5, 0.6) is 0 Å². The van der Waals surface area contributed by atoms with Crippen LogP contribution in [0.15, 0.2) is 17.2 Å². The highest BCUT2D eigenvalue weighted by molar-refractivity contribution is 6.36. The van der Waals surface area contributed by atoms with Crippen LogP contribution in [0.25, 0.3) is 0 Å². The molecule has 17 heavy (non-hydrogen) atoms. The summed E-state index contributed by atoms with van der Waals surface area (Å²) in [6, 6.07) is 7.81. The molecular formula is C10H3Cl2N5. The number of nitrogens with zero attached hydrogens (tertiary/aromatic N) is 4. The Labute approximate surface area is 107 Å². The van der Waals surface area contributed by atoms with Crippen LogP contribution in [0.3, 0.4) is 0 Å². The zero-order valence-corrected chi connectivity index (χ0v) is 9.71. The van der Waals surface area contributed by atoms with Gasteiger partial charge in [-0.05, 0) is 12.1 Å². The first-order valence-corrected chi connectivity index (χ1v) is 4.91. The highest BCUT2D eigenvalue weighted by Gasteiger charge is 2.08. The van der Waals surface area contributed by atoms with E-state index in [4.69, 9.17) is 39.0 Å². The maximum absolute atomic E-state index is 8.86. The summed E-state index contributed by atoms with van der Waals surface area (Å²) in [5.74, 6) is 0. The fraction of sp³-hybridized carbons (Fsp3) is 0. The van der Waals surface area contributed by atoms with E-state index >= 15 is 0 Å². The Bertz CT molecular complexity index is 585. The largest absolute Gasteiger partial charge is 0.274 e. The Balaban J connectivity index is 3.18. The van der Waals surface area contributed by atoms with Crippen molar-refractivity contribution in [2.75, 3.05) is 5.43 Å². The number of nitriles is 3. The van der Waals surface area contributed by atoms with E-state index in [1.807, 2.05) is 6.07 Å². The molecule has 0 fully saturated rings. The zero-order valence-electron chi connectivity index (χ0n) is 8.20. The molecule has 0 aromatic heterocycles. The van der Waals surface area contributed by atoms with Gasteiger partial charge in [-0.15, -0.1) is 0 Å². The van der Waals surface area contributed by atoms with Crippen molar-refractivity contribution < 1.29 is 0 Å². The van der Waals surface area contributed by atoms with E-state index in [2.05, 4.69) is 10.5 Å². The lowest BCUT2D eigenvalue weighted by Gasteiger charge is -2.05. The van der Waals surface area contributed by atoms with E-state index in [9.17, 15) is 0 Å². The predicted octanol–water partition coefficient (Wildman–Crippen LogP) is 2.68. The minimum atomic E-state index is -0.375. The van der Waals surface area contributed by atoms with Crippen LogP contribution in [0.1, 0.15) is 5.56 Å². The second kappa shape index (κ2) is 5.72. The Kier molecular flexibility index (Phi) is 4.31. The van der Waals surface area contributed by atoms with E-state index in [0.717, 1.165) is 0 Å². The van der Waals surface area contributed by atoms with Crippen LogP contribution >= 0.6 is 23.2 Å². The Morgan fingerprint density at radius 2 is 1.82 bits per heavy atom. The quantitative estimate of drug-likeness (QED) is 0.655. The molecule has 5 nitrogen and oxygen atoms in total. The third-order valence-corrected chi connectivity index (χ3v) is 2.18. The van der Waals surface area contributed by atoms with Gasteiger partial charge < -0.3 is 0 Å². The lowest BCUT2D eigenvalue weighted by molar-refractivity contribution is 1.32. The van der Waals surface area contributed by atoms with Gasteiger partial charge in [-0.1, -0.05) is 23.2 Å². The molecule has 0 amide bonds. The average molecular weight is 264 g/mol. The second-order valence-electron chi connectivity index (χ2n) is 2.72. The fourth-order valence-electron chi connectivity index (χ4n) is 0.962. The molecule has 0 aliphatic rings. The van der Waals surface area contributed by atoms with Crippen LogP contribution in [-0.4, -0.2) is 5.71 Å². The molecule has 1 N–H and O–H groups in total. The zero-order chi connectivity index (χ0) is 12.8. The second-order valence-corrected chi connectivity index (χ2v) is 3.56. The van der Waals surface area contributed by atoms with Crippen molar-refractivity contribution in [3.63, 3.8) is 0 Å². The number of benzene rings is 1. The highest BCUT2D eigenvalue weighted by atomic mass is 35.5. The third kappa shape index (κ3) is 3.09. The molecule has 0 unspecified atom stereocenters. The van der Waals surface area contributed by atoms with Gasteiger partial charge in [-0.3, -0.25) is 5.43 Å². The van der Waals surface area contributed by atoms with Gasteiger partial charge in [0.2, 0.25) is 5.71 Å². The van der Waals surface area contributed by atoms with Gasteiger partial charge in [-0.25, -0.2) is 0 Å².